The maximum Gasteiger partial charge on any atom is 1.00 e. The zero-order valence-corrected chi connectivity index (χ0v) is 56.1. The Labute approximate surface area is 552 Å². The number of carbonyl (C=O) groups excluding carboxylic acids is 1. The van der Waals surface area contributed by atoms with Gasteiger partial charge in [-0.15, -0.1) is 0 Å². The number of nitrogens with zero attached hydrogens (tertiary/aromatic N) is 10. The summed E-state index contributed by atoms with van der Waals surface area (Å²) in [5.74, 6) is 0.777. The van der Waals surface area contributed by atoms with E-state index in [9.17, 15) is 23.1 Å². The Kier molecular flexibility index (Phi) is 26.5. The molecule has 4 aliphatic rings. The number of fused-ring (bicyclic) bond motifs is 2. The molecule has 6 aromatic rings. The molecule has 24 nitrogen and oxygen atoms in total. The summed E-state index contributed by atoms with van der Waals surface area (Å²) in [6, 6.07) is 11.9. The molecule has 394 valence electrons. The van der Waals surface area contributed by atoms with Gasteiger partial charge in [0.15, 0.2) is 0 Å². The summed E-state index contributed by atoms with van der Waals surface area (Å²) >= 11 is 0. The minimum absolute atomic E-state index is 0. The van der Waals surface area contributed by atoms with Crippen molar-refractivity contribution in [2.75, 3.05) is 68.7 Å². The van der Waals surface area contributed by atoms with Crippen LogP contribution in [0.2, 0.25) is 0 Å². The molecule has 0 atom stereocenters. The van der Waals surface area contributed by atoms with E-state index in [1.807, 2.05) is 18.2 Å². The molecule has 1 N–H and O–H groups in total. The normalized spacial score (nSPS) is 19.4. The molecule has 0 spiro atoms. The van der Waals surface area contributed by atoms with Gasteiger partial charge in [0.05, 0.1) is 68.3 Å². The van der Waals surface area contributed by atoms with Gasteiger partial charge in [-0.2, -0.15) is 8.42 Å². The number of benzene rings is 2. The van der Waals surface area contributed by atoms with E-state index >= 15 is 0 Å². The van der Waals surface area contributed by atoms with Crippen molar-refractivity contribution in [3.05, 3.63) is 94.3 Å². The first-order valence-corrected chi connectivity index (χ1v) is 25.6. The number of hydrogen-bond acceptors (Lipinski definition) is 22. The molecule has 10 rings (SSSR count). The Balaban J connectivity index is 0.000000246. The van der Waals surface area contributed by atoms with E-state index < -0.39 is 10.1 Å². The first-order chi connectivity index (χ1) is 35.3. The summed E-state index contributed by atoms with van der Waals surface area (Å²) in [6.07, 6.45) is 16.5. The standard InChI is InChI=1S/C23H27N5O4.C13H15N3O3.C11H16N2O4S.CH2O3.2Cs.H/c1-27-21(29)15-26-19-13-16(28-9-11-30-12-10-28)14-20(22(19)27)31-17-3-5-18(6-4-17)32-23-24-7-2-8-25-23;1-15-12(18)8-14-10-6-9(7-11(17)13(10)15)16-2-4-19-5-3-16;1-18(14,15)17-10-5-3-9(4-6-10)16-11-12-7-2-8-13-11;2-1-4-3;;;/h2,7-8,13-15,17-18H,3-6,9-12H2,1H3;6-8,17H,2-5H2,1H3;2,7-10H,3-6H2,1H3;1,3H;;;/q;;;;2*+1;-1/p-1. The van der Waals surface area contributed by atoms with Crippen molar-refractivity contribution in [2.45, 2.75) is 75.8 Å². The Morgan fingerprint density at radius 3 is 1.44 bits per heavy atom. The van der Waals surface area contributed by atoms with Gasteiger partial charge in [-0.1, -0.05) is 0 Å². The molecule has 75 heavy (non-hydrogen) atoms. The van der Waals surface area contributed by atoms with Crippen LogP contribution in [0.4, 0.5) is 11.4 Å². The molecular weight excluding hydrogens is 1240 g/mol. The molecule has 2 aliphatic carbocycles. The van der Waals surface area contributed by atoms with Crippen LogP contribution in [0, 0.1) is 0 Å². The van der Waals surface area contributed by atoms with E-state index in [2.05, 4.69) is 44.6 Å². The number of aryl methyl sites for hydroxylation is 2. The van der Waals surface area contributed by atoms with Crippen LogP contribution in [-0.4, -0.2) is 142 Å². The van der Waals surface area contributed by atoms with Crippen molar-refractivity contribution < 1.29 is 196 Å². The van der Waals surface area contributed by atoms with Crippen molar-refractivity contribution in [1.82, 2.24) is 39.0 Å². The Hall–Kier alpha value is -2.96. The maximum atomic E-state index is 12.3. The van der Waals surface area contributed by atoms with Gasteiger partial charge in [0, 0.05) is 88.6 Å². The molecule has 4 aromatic heterocycles. The molecule has 0 radical (unpaired) electrons. The third-order valence-electron chi connectivity index (χ3n) is 12.3. The maximum absolute atomic E-state index is 12.3. The van der Waals surface area contributed by atoms with Crippen LogP contribution < -0.4 is 178 Å². The predicted molar refractivity (Wildman–Crippen MR) is 264 cm³/mol. The number of aromatic hydroxyl groups is 1. The fourth-order valence-electron chi connectivity index (χ4n) is 8.72. The Morgan fingerprint density at radius 1 is 0.627 bits per heavy atom. The average Bonchev–Trinajstić information content (AvgIpc) is 3.40. The molecule has 27 heteroatoms. The first kappa shape index (κ1) is 62.9. The van der Waals surface area contributed by atoms with Gasteiger partial charge in [0.2, 0.25) is 0 Å². The minimum atomic E-state index is -3.37. The molecule has 4 fully saturated rings. The van der Waals surface area contributed by atoms with Gasteiger partial charge in [-0.05, 0) is 75.6 Å². The second-order valence-electron chi connectivity index (χ2n) is 17.4. The molecule has 2 saturated carbocycles. The number of ether oxygens (including phenoxy) is 5. The van der Waals surface area contributed by atoms with Crippen LogP contribution in [-0.2, 0) is 47.6 Å². The first-order valence-electron chi connectivity index (χ1n) is 23.8. The van der Waals surface area contributed by atoms with Gasteiger partial charge in [-0.3, -0.25) is 18.6 Å². The van der Waals surface area contributed by atoms with Crippen molar-refractivity contribution in [2.24, 2.45) is 14.1 Å². The monoisotopic (exact) mass is 1300 g/mol. The topological polar surface area (TPSA) is 287 Å². The van der Waals surface area contributed by atoms with E-state index in [0.29, 0.717) is 68.1 Å². The molecule has 0 amide bonds. The van der Waals surface area contributed by atoms with Crippen LogP contribution in [0.3, 0.4) is 0 Å². The van der Waals surface area contributed by atoms with Crippen LogP contribution in [0.1, 0.15) is 52.8 Å². The molecular formula is C48H60Cs2N10O14S. The minimum Gasteiger partial charge on any atom is -1.00 e. The van der Waals surface area contributed by atoms with E-state index in [0.717, 1.165) is 93.4 Å². The number of aromatic nitrogens is 8. The van der Waals surface area contributed by atoms with Gasteiger partial charge < -0.3 is 59.3 Å². The molecule has 2 aliphatic heterocycles. The number of phenols is 1. The molecule has 6 heterocycles. The summed E-state index contributed by atoms with van der Waals surface area (Å²) in [5, 5.41) is 18.6. The quantitative estimate of drug-likeness (QED) is 0.0570. The van der Waals surface area contributed by atoms with Crippen molar-refractivity contribution in [1.29, 1.82) is 0 Å². The summed E-state index contributed by atoms with van der Waals surface area (Å²) in [7, 11) is 0.0220. The van der Waals surface area contributed by atoms with Crippen LogP contribution in [0.5, 0.6) is 23.5 Å². The zero-order valence-electron chi connectivity index (χ0n) is 43.8. The number of anilines is 2. The van der Waals surface area contributed by atoms with Gasteiger partial charge >= 0.3 is 150 Å². The third-order valence-corrected chi connectivity index (χ3v) is 12.9. The number of phenolic OH excluding ortho intramolecular Hbond substituents is 1. The van der Waals surface area contributed by atoms with Crippen LogP contribution >= 0.6 is 0 Å². The molecule has 2 aromatic carbocycles. The summed E-state index contributed by atoms with van der Waals surface area (Å²) in [5.41, 5.74) is 4.12. The second-order valence-corrected chi connectivity index (χ2v) is 19.0. The summed E-state index contributed by atoms with van der Waals surface area (Å²) in [4.78, 5) is 64.2. The van der Waals surface area contributed by atoms with Crippen LogP contribution in [0.25, 0.3) is 22.1 Å². The number of hydrogen-bond donors (Lipinski definition) is 1. The van der Waals surface area contributed by atoms with Crippen molar-refractivity contribution in [3.63, 3.8) is 0 Å². The van der Waals surface area contributed by atoms with E-state index in [-0.39, 0.29) is 187 Å². The predicted octanol–water partition coefficient (Wildman–Crippen LogP) is -3.50. The smallest absolute Gasteiger partial charge is 1.00 e. The molecule has 0 unspecified atom stereocenters. The average molecular weight is 1300 g/mol. The third kappa shape index (κ3) is 19.1. The Bertz CT molecular complexity index is 2970. The fraction of sp³-hybridized carbons (Fsp3) is 0.479. The number of morpholine rings is 2. The number of rotatable bonds is 11. The summed E-state index contributed by atoms with van der Waals surface area (Å²) < 4.78 is 58.8. The van der Waals surface area contributed by atoms with Gasteiger partial charge in [-0.25, -0.2) is 29.9 Å². The second kappa shape index (κ2) is 31.6. The SMILES string of the molecule is CS(=O)(=O)OC1CCC(Oc2ncccn2)CC1.Cn1c(=O)cnc2cc(N3CCOCC3)cc(O)c21.Cn1c(=O)cnc2cc(N3CCOCC3)cc(OC3CCC(Oc4ncccn4)CC3)c21.O=CO[O-].[Cs+].[Cs+].[H-]. The fourth-order valence-corrected chi connectivity index (χ4v) is 9.41. The van der Waals surface area contributed by atoms with Gasteiger partial charge in [0.1, 0.15) is 34.7 Å². The molecule has 2 saturated heterocycles. The van der Waals surface area contributed by atoms with E-state index in [1.165, 1.54) is 17.0 Å². The van der Waals surface area contributed by atoms with Crippen molar-refractivity contribution >= 4 is 50.0 Å². The van der Waals surface area contributed by atoms with Crippen molar-refractivity contribution in [3.8, 4) is 23.5 Å². The molecule has 0 bridgehead atoms. The zero-order chi connectivity index (χ0) is 51.7. The number of carbonyl (C=O) groups is 1. The Morgan fingerprint density at radius 2 is 1.01 bits per heavy atom. The van der Waals surface area contributed by atoms with E-state index in [1.54, 1.807) is 61.6 Å². The largest absolute Gasteiger partial charge is 1.00 e. The van der Waals surface area contributed by atoms with Crippen LogP contribution in [0.15, 0.2) is 83.2 Å². The summed E-state index contributed by atoms with van der Waals surface area (Å²) in [6.45, 7) is 5.79. The van der Waals surface area contributed by atoms with Gasteiger partial charge in [0.25, 0.3) is 27.7 Å². The van der Waals surface area contributed by atoms with E-state index in [4.69, 9.17) is 37.9 Å².